The van der Waals surface area contributed by atoms with Crippen molar-refractivity contribution in [3.63, 3.8) is 0 Å². The van der Waals surface area contributed by atoms with Gasteiger partial charge in [-0.05, 0) is 31.6 Å². The van der Waals surface area contributed by atoms with E-state index in [1.54, 1.807) is 0 Å². The van der Waals surface area contributed by atoms with E-state index in [0.29, 0.717) is 12.4 Å². The number of hydrogen-bond donors (Lipinski definition) is 1. The highest BCUT2D eigenvalue weighted by atomic mass is 16.1. The molecule has 2 rings (SSSR count). The molecule has 1 amide bonds. The zero-order valence-corrected chi connectivity index (χ0v) is 14.5. The minimum Gasteiger partial charge on any atom is -0.309 e. The zero-order chi connectivity index (χ0) is 16.7. The monoisotopic (exact) mass is 316 g/mol. The Morgan fingerprint density at radius 3 is 2.65 bits per heavy atom. The number of amides is 1. The normalized spacial score (nSPS) is 11.3. The van der Waals surface area contributed by atoms with Gasteiger partial charge in [0.1, 0.15) is 0 Å². The summed E-state index contributed by atoms with van der Waals surface area (Å²) in [5, 5.41) is 2.99. The number of aromatic nitrogens is 2. The topological polar surface area (TPSA) is 50.2 Å². The van der Waals surface area contributed by atoms with Crippen molar-refractivity contribution in [2.24, 2.45) is 0 Å². The second-order valence-corrected chi connectivity index (χ2v) is 5.75. The van der Waals surface area contributed by atoms with E-state index in [-0.39, 0.29) is 5.91 Å². The molecule has 0 fully saturated rings. The zero-order valence-electron chi connectivity index (χ0n) is 14.5. The predicted octanol–water partition coefficient (Wildman–Crippen LogP) is 3.51. The summed E-state index contributed by atoms with van der Waals surface area (Å²) in [4.78, 5) is 19.1. The lowest BCUT2D eigenvalue weighted by atomic mass is 10.2. The van der Waals surface area contributed by atoms with Crippen molar-refractivity contribution in [2.75, 3.05) is 25.0 Å². The Hall–Kier alpha value is -1.88. The fraction of sp³-hybridized carbons (Fsp3) is 0.556. The summed E-state index contributed by atoms with van der Waals surface area (Å²) in [6.07, 6.45) is 2.48. The number of carbonyl (C=O) groups is 1. The molecule has 1 heterocycles. The number of imidazole rings is 1. The summed E-state index contributed by atoms with van der Waals surface area (Å²) in [5.41, 5.74) is 2.00. The Bertz CT molecular complexity index is 631. The molecule has 1 aromatic heterocycles. The van der Waals surface area contributed by atoms with Crippen molar-refractivity contribution < 1.29 is 4.79 Å². The van der Waals surface area contributed by atoms with Crippen LogP contribution in [0.2, 0.25) is 0 Å². The molecule has 0 bridgehead atoms. The highest BCUT2D eigenvalue weighted by Gasteiger charge is 2.13. The maximum atomic E-state index is 12.1. The van der Waals surface area contributed by atoms with E-state index >= 15 is 0 Å². The van der Waals surface area contributed by atoms with Crippen LogP contribution in [0.5, 0.6) is 0 Å². The van der Waals surface area contributed by atoms with Gasteiger partial charge in [0.25, 0.3) is 0 Å². The molecule has 5 heteroatoms. The summed E-state index contributed by atoms with van der Waals surface area (Å²) in [5.74, 6) is 0.714. The van der Waals surface area contributed by atoms with Crippen LogP contribution in [0.4, 0.5) is 5.95 Å². The number of nitrogens with one attached hydrogen (secondary N) is 1. The number of para-hydroxylation sites is 2. The SMILES string of the molecule is CCCCC(=O)Nc1nc2ccccc2n1CCN(CC)CC. The minimum atomic E-state index is 0.0474. The first-order chi connectivity index (χ1) is 11.2. The molecule has 1 N–H and O–H groups in total. The molecule has 0 atom stereocenters. The second kappa shape index (κ2) is 8.67. The fourth-order valence-electron chi connectivity index (χ4n) is 2.70. The number of benzene rings is 1. The molecular weight excluding hydrogens is 288 g/mol. The van der Waals surface area contributed by atoms with Gasteiger partial charge in [-0.3, -0.25) is 10.1 Å². The quantitative estimate of drug-likeness (QED) is 0.770. The van der Waals surface area contributed by atoms with Gasteiger partial charge in [0.2, 0.25) is 11.9 Å². The summed E-state index contributed by atoms with van der Waals surface area (Å²) in [7, 11) is 0. The van der Waals surface area contributed by atoms with Crippen molar-refractivity contribution in [1.29, 1.82) is 0 Å². The van der Waals surface area contributed by atoms with Crippen molar-refractivity contribution >= 4 is 22.9 Å². The van der Waals surface area contributed by atoms with Crippen molar-refractivity contribution in [2.45, 2.75) is 46.6 Å². The number of fused-ring (bicyclic) bond motifs is 1. The number of rotatable bonds is 9. The highest BCUT2D eigenvalue weighted by molar-refractivity contribution is 5.91. The Labute approximate surface area is 138 Å². The van der Waals surface area contributed by atoms with Crippen molar-refractivity contribution in [3.8, 4) is 0 Å². The van der Waals surface area contributed by atoms with Crippen LogP contribution < -0.4 is 5.32 Å². The second-order valence-electron chi connectivity index (χ2n) is 5.75. The van der Waals surface area contributed by atoms with Crippen LogP contribution in [0.15, 0.2) is 24.3 Å². The van der Waals surface area contributed by atoms with Crippen LogP contribution in [0.1, 0.15) is 40.0 Å². The minimum absolute atomic E-state index is 0.0474. The van der Waals surface area contributed by atoms with Crippen LogP contribution in [0.3, 0.4) is 0 Å². The lowest BCUT2D eigenvalue weighted by Crippen LogP contribution is -2.27. The molecule has 126 valence electrons. The first-order valence-corrected chi connectivity index (χ1v) is 8.67. The van der Waals surface area contributed by atoms with Gasteiger partial charge < -0.3 is 9.47 Å². The lowest BCUT2D eigenvalue weighted by molar-refractivity contribution is -0.116. The average molecular weight is 316 g/mol. The van der Waals surface area contributed by atoms with E-state index in [1.807, 2.05) is 18.2 Å². The van der Waals surface area contributed by atoms with Gasteiger partial charge in [-0.15, -0.1) is 0 Å². The molecule has 0 aliphatic carbocycles. The third-order valence-corrected chi connectivity index (χ3v) is 4.20. The van der Waals surface area contributed by atoms with E-state index in [1.165, 1.54) is 0 Å². The molecule has 1 aromatic carbocycles. The van der Waals surface area contributed by atoms with Crippen molar-refractivity contribution in [1.82, 2.24) is 14.5 Å². The standard InChI is InChI=1S/C18H28N4O/c1-4-7-12-17(23)20-18-19-15-10-8-9-11-16(15)22(18)14-13-21(5-2)6-3/h8-11H,4-7,12-14H2,1-3H3,(H,19,20,23). The molecule has 5 nitrogen and oxygen atoms in total. The van der Waals surface area contributed by atoms with Crippen LogP contribution >= 0.6 is 0 Å². The Morgan fingerprint density at radius 2 is 1.96 bits per heavy atom. The first-order valence-electron chi connectivity index (χ1n) is 8.67. The van der Waals surface area contributed by atoms with Gasteiger partial charge in [0, 0.05) is 19.5 Å². The average Bonchev–Trinajstić information content (AvgIpc) is 2.91. The predicted molar refractivity (Wildman–Crippen MR) is 95.7 cm³/mol. The number of nitrogens with zero attached hydrogens (tertiary/aromatic N) is 3. The van der Waals surface area contributed by atoms with Gasteiger partial charge in [-0.1, -0.05) is 39.3 Å². The summed E-state index contributed by atoms with van der Waals surface area (Å²) < 4.78 is 2.12. The molecule has 23 heavy (non-hydrogen) atoms. The molecule has 0 spiro atoms. The number of likely N-dealkylation sites (N-methyl/N-ethyl adjacent to an activating group) is 1. The Balaban J connectivity index is 2.20. The van der Waals surface area contributed by atoms with E-state index in [2.05, 4.69) is 46.6 Å². The first kappa shape index (κ1) is 17.5. The summed E-state index contributed by atoms with van der Waals surface area (Å²) in [6.45, 7) is 10.3. The number of hydrogen-bond acceptors (Lipinski definition) is 3. The van der Waals surface area contributed by atoms with Crippen LogP contribution in [0.25, 0.3) is 11.0 Å². The molecular formula is C18H28N4O. The van der Waals surface area contributed by atoms with Crippen LogP contribution in [-0.2, 0) is 11.3 Å². The molecule has 0 saturated carbocycles. The number of unbranched alkanes of at least 4 members (excludes halogenated alkanes) is 1. The van der Waals surface area contributed by atoms with Gasteiger partial charge in [-0.2, -0.15) is 0 Å². The molecule has 0 aliphatic rings. The third-order valence-electron chi connectivity index (χ3n) is 4.20. The maximum absolute atomic E-state index is 12.1. The molecule has 0 aliphatic heterocycles. The lowest BCUT2D eigenvalue weighted by Gasteiger charge is -2.19. The van der Waals surface area contributed by atoms with Gasteiger partial charge >= 0.3 is 0 Å². The Kier molecular flexibility index (Phi) is 6.59. The Morgan fingerprint density at radius 1 is 1.22 bits per heavy atom. The van der Waals surface area contributed by atoms with Gasteiger partial charge in [0.05, 0.1) is 11.0 Å². The smallest absolute Gasteiger partial charge is 0.226 e. The number of carbonyl (C=O) groups excluding carboxylic acids is 1. The maximum Gasteiger partial charge on any atom is 0.226 e. The highest BCUT2D eigenvalue weighted by Crippen LogP contribution is 2.20. The van der Waals surface area contributed by atoms with Gasteiger partial charge in [0.15, 0.2) is 0 Å². The molecule has 2 aromatic rings. The summed E-state index contributed by atoms with van der Waals surface area (Å²) >= 11 is 0. The largest absolute Gasteiger partial charge is 0.309 e. The van der Waals surface area contributed by atoms with Crippen molar-refractivity contribution in [3.05, 3.63) is 24.3 Å². The van der Waals surface area contributed by atoms with Crippen LogP contribution in [0, 0.1) is 0 Å². The summed E-state index contributed by atoms with van der Waals surface area (Å²) in [6, 6.07) is 8.05. The fourth-order valence-corrected chi connectivity index (χ4v) is 2.70. The number of anilines is 1. The van der Waals surface area contributed by atoms with E-state index in [9.17, 15) is 4.79 Å². The molecule has 0 saturated heterocycles. The molecule has 0 radical (unpaired) electrons. The molecule has 0 unspecified atom stereocenters. The third kappa shape index (κ3) is 4.55. The van der Waals surface area contributed by atoms with E-state index in [0.717, 1.165) is 50.1 Å². The van der Waals surface area contributed by atoms with Crippen LogP contribution in [-0.4, -0.2) is 40.0 Å². The van der Waals surface area contributed by atoms with E-state index < -0.39 is 0 Å². The van der Waals surface area contributed by atoms with E-state index in [4.69, 9.17) is 0 Å². The van der Waals surface area contributed by atoms with Gasteiger partial charge in [-0.25, -0.2) is 4.98 Å².